The number of hydrogen-bond acceptors (Lipinski definition) is 9. The van der Waals surface area contributed by atoms with E-state index in [0.717, 1.165) is 69.4 Å². The standard InChI is InChI=1S/C30H27N2O4.C29H25N2O4.Ir/c1-2-12-24-20(8-1)21-9-3-7-19-17-31-18-25(32(24)28(31)26(19)21)27-22(29-33-13-5-14-34-29)10-4-11-23(27)30-35-15-6-16-36-30;1-2-8-25-23(6-1)24-7-3-4-11-26(24)31-27(12-30-29(25)31)28-21(19-13-32-17-33-14-19)9-5-10-22(28)20-15-34-18-35-16-20;/h1-4,7-12,18,29-30H,5-6,13-17H2;1-7,9-12,19-20H,13-18H2;/q+1;-1;. The van der Waals surface area contributed by atoms with Crippen molar-refractivity contribution in [1.29, 1.82) is 0 Å². The topological polar surface area (TPSA) is 99.4 Å². The van der Waals surface area contributed by atoms with Crippen LogP contribution in [0.2, 0.25) is 0 Å². The van der Waals surface area contributed by atoms with E-state index < -0.39 is 12.6 Å². The molecule has 0 atom stereocenters. The maximum Gasteiger partial charge on any atom is 0.295 e. The Labute approximate surface area is 429 Å². The van der Waals surface area contributed by atoms with Crippen LogP contribution in [0.1, 0.15) is 65.1 Å². The van der Waals surface area contributed by atoms with Gasteiger partial charge in [0.2, 0.25) is 0 Å². The molecule has 365 valence electrons. The number of hydrogen-bond donors (Lipinski definition) is 0. The van der Waals surface area contributed by atoms with E-state index in [1.807, 2.05) is 18.3 Å². The Kier molecular flexibility index (Phi) is 12.4. The van der Waals surface area contributed by atoms with E-state index in [-0.39, 0.29) is 31.9 Å². The third-order valence-electron chi connectivity index (χ3n) is 14.9. The van der Waals surface area contributed by atoms with Crippen LogP contribution in [0.25, 0.3) is 77.2 Å². The van der Waals surface area contributed by atoms with Gasteiger partial charge in [0.25, 0.3) is 5.65 Å². The fourth-order valence-electron chi connectivity index (χ4n) is 11.8. The summed E-state index contributed by atoms with van der Waals surface area (Å²) in [4.78, 5) is 4.95. The minimum Gasteiger partial charge on any atom is -0.355 e. The Morgan fingerprint density at radius 1 is 0.528 bits per heavy atom. The number of aromatic nitrogens is 4. The second-order valence-electron chi connectivity index (χ2n) is 19.0. The number of imidazole rings is 2. The molecular weight excluding hydrogens is 1080 g/mol. The Hall–Kier alpha value is -5.93. The Balaban J connectivity index is 0.000000138. The molecule has 4 fully saturated rings. The number of fused-ring (bicyclic) bond motifs is 9. The fraction of sp³-hybridized carbons (Fsp3) is 0.288. The maximum absolute atomic E-state index is 6.14. The Morgan fingerprint density at radius 3 is 1.69 bits per heavy atom. The molecule has 0 bridgehead atoms. The van der Waals surface area contributed by atoms with E-state index in [0.29, 0.717) is 66.4 Å². The predicted octanol–water partition coefficient (Wildman–Crippen LogP) is 10.7. The van der Waals surface area contributed by atoms with Gasteiger partial charge in [-0.1, -0.05) is 96.4 Å². The molecule has 10 aromatic rings. The first-order chi connectivity index (χ1) is 35.3. The molecule has 0 aliphatic carbocycles. The first kappa shape index (κ1) is 45.9. The van der Waals surface area contributed by atoms with Gasteiger partial charge < -0.3 is 42.3 Å². The summed E-state index contributed by atoms with van der Waals surface area (Å²) in [5.74, 6) is 0.265. The summed E-state index contributed by atoms with van der Waals surface area (Å²) in [5.41, 5.74) is 14.7. The third kappa shape index (κ3) is 7.69. The zero-order chi connectivity index (χ0) is 46.8. The van der Waals surface area contributed by atoms with E-state index in [1.165, 1.54) is 55.0 Å². The van der Waals surface area contributed by atoms with Crippen molar-refractivity contribution >= 4 is 54.6 Å². The summed E-state index contributed by atoms with van der Waals surface area (Å²) in [5, 5.41) is 7.24. The fourth-order valence-corrected chi connectivity index (χ4v) is 11.8. The molecule has 5 aliphatic heterocycles. The van der Waals surface area contributed by atoms with Crippen LogP contribution in [0.4, 0.5) is 0 Å². The van der Waals surface area contributed by atoms with Crippen molar-refractivity contribution in [2.75, 3.05) is 66.4 Å². The largest absolute Gasteiger partial charge is 0.355 e. The number of pyridine rings is 2. The summed E-state index contributed by atoms with van der Waals surface area (Å²) in [6.45, 7) is 6.82. The van der Waals surface area contributed by atoms with Crippen LogP contribution < -0.4 is 4.57 Å². The SMILES string of the molecule is [Ir].[c-]1cccc2c1c1ncc(-c3c(C4COCOC4)cccc3C3COCOC3)n1c1ccccc21.c1cc(C2OCCCO2)c(-c2c[n+]3c4c5c(cccc5c5ccccc5n24)C3)c(C2OCCCO2)c1. The molecule has 1 radical (unpaired) electrons. The third-order valence-corrected chi connectivity index (χ3v) is 14.9. The zero-order valence-corrected chi connectivity index (χ0v) is 42.0. The summed E-state index contributed by atoms with van der Waals surface area (Å²) in [6, 6.07) is 46.3. The van der Waals surface area contributed by atoms with Crippen molar-refractivity contribution in [2.45, 2.75) is 43.8 Å². The van der Waals surface area contributed by atoms with Crippen LogP contribution in [0.15, 0.2) is 134 Å². The van der Waals surface area contributed by atoms with E-state index in [4.69, 9.17) is 42.9 Å². The molecule has 0 spiro atoms. The summed E-state index contributed by atoms with van der Waals surface area (Å²) < 4.78 is 54.5. The number of rotatable bonds is 6. The first-order valence-corrected chi connectivity index (χ1v) is 24.9. The van der Waals surface area contributed by atoms with Crippen molar-refractivity contribution in [3.8, 4) is 22.5 Å². The van der Waals surface area contributed by atoms with Gasteiger partial charge in [-0.2, -0.15) is 4.40 Å². The van der Waals surface area contributed by atoms with Crippen molar-refractivity contribution in [3.63, 3.8) is 0 Å². The number of ether oxygens (including phenoxy) is 8. The molecule has 0 saturated carbocycles. The van der Waals surface area contributed by atoms with Gasteiger partial charge in [0.05, 0.1) is 69.6 Å². The molecule has 4 aromatic heterocycles. The van der Waals surface area contributed by atoms with E-state index in [9.17, 15) is 0 Å². The first-order valence-electron chi connectivity index (χ1n) is 24.9. The van der Waals surface area contributed by atoms with Crippen LogP contribution in [-0.2, 0) is 64.5 Å². The molecule has 12 nitrogen and oxygen atoms in total. The Morgan fingerprint density at radius 2 is 1.06 bits per heavy atom. The van der Waals surface area contributed by atoms with Gasteiger partial charge in [0.15, 0.2) is 18.3 Å². The van der Waals surface area contributed by atoms with Gasteiger partial charge in [-0.3, -0.25) is 4.98 Å². The molecule has 72 heavy (non-hydrogen) atoms. The zero-order valence-electron chi connectivity index (χ0n) is 39.6. The normalized spacial score (nSPS) is 18.2. The summed E-state index contributed by atoms with van der Waals surface area (Å²) >= 11 is 0. The molecule has 9 heterocycles. The minimum absolute atomic E-state index is 0. The van der Waals surface area contributed by atoms with E-state index in [2.05, 4.69) is 135 Å². The monoisotopic (exact) mass is 1140 g/mol. The number of benzene rings is 6. The van der Waals surface area contributed by atoms with Crippen molar-refractivity contribution in [3.05, 3.63) is 168 Å². The van der Waals surface area contributed by atoms with Crippen molar-refractivity contribution < 1.29 is 62.6 Å². The predicted molar refractivity (Wildman–Crippen MR) is 269 cm³/mol. The summed E-state index contributed by atoms with van der Waals surface area (Å²) in [7, 11) is 0. The smallest absolute Gasteiger partial charge is 0.295 e. The second kappa shape index (κ2) is 19.5. The van der Waals surface area contributed by atoms with E-state index in [1.54, 1.807) is 0 Å². The Bertz CT molecular complexity index is 3590. The molecule has 0 amide bonds. The molecule has 5 aliphatic rings. The van der Waals surface area contributed by atoms with Crippen molar-refractivity contribution in [1.82, 2.24) is 13.8 Å². The van der Waals surface area contributed by atoms with Gasteiger partial charge in [0, 0.05) is 82.2 Å². The van der Waals surface area contributed by atoms with E-state index >= 15 is 0 Å². The van der Waals surface area contributed by atoms with Gasteiger partial charge >= 0.3 is 0 Å². The molecule has 0 unspecified atom stereocenters. The molecule has 0 N–H and O–H groups in total. The van der Waals surface area contributed by atoms with Crippen LogP contribution in [-0.4, -0.2) is 80.2 Å². The molecule has 4 saturated heterocycles. The van der Waals surface area contributed by atoms with Crippen LogP contribution in [0.5, 0.6) is 0 Å². The van der Waals surface area contributed by atoms with Crippen molar-refractivity contribution in [2.24, 2.45) is 0 Å². The molecular formula is C59H52IrN4O8. The average Bonchev–Trinajstić information content (AvgIpc) is 4.17. The van der Waals surface area contributed by atoms with Crippen LogP contribution in [0.3, 0.4) is 0 Å². The quantitative estimate of drug-likeness (QED) is 0.0916. The van der Waals surface area contributed by atoms with Crippen LogP contribution >= 0.6 is 0 Å². The molecule has 13 heteroatoms. The summed E-state index contributed by atoms with van der Waals surface area (Å²) in [6.07, 6.45) is 5.28. The van der Waals surface area contributed by atoms with Gasteiger partial charge in [-0.05, 0) is 41.5 Å². The van der Waals surface area contributed by atoms with Gasteiger partial charge in [0.1, 0.15) is 31.8 Å². The number of para-hydroxylation sites is 2. The maximum atomic E-state index is 6.14. The second-order valence-corrected chi connectivity index (χ2v) is 19.0. The molecule has 15 rings (SSSR count). The van der Waals surface area contributed by atoms with Gasteiger partial charge in [-0.15, -0.1) is 29.7 Å². The van der Waals surface area contributed by atoms with Gasteiger partial charge in [-0.25, -0.2) is 4.57 Å². The average molecular weight is 1140 g/mol. The number of nitrogens with zero attached hydrogens (tertiary/aromatic N) is 4. The minimum atomic E-state index is -0.415. The van der Waals surface area contributed by atoms with Crippen LogP contribution in [0, 0.1) is 6.07 Å². The molecule has 6 aromatic carbocycles.